The smallest absolute Gasteiger partial charge is 0.228 e. The van der Waals surface area contributed by atoms with Crippen LogP contribution < -0.4 is 10.1 Å². The Hall–Kier alpha value is -2.55. The SMILES string of the molecule is COc1ccc([C@@H]2NC(=O)[C@H]3c4ccccc4C=C[C@@H]23)cc1. The van der Waals surface area contributed by atoms with Gasteiger partial charge in [-0.25, -0.2) is 0 Å². The number of fused-ring (bicyclic) bond motifs is 3. The molecule has 2 aromatic carbocycles. The lowest BCUT2D eigenvalue weighted by Gasteiger charge is -2.24. The van der Waals surface area contributed by atoms with E-state index in [9.17, 15) is 4.79 Å². The summed E-state index contributed by atoms with van der Waals surface area (Å²) in [7, 11) is 1.66. The molecule has 4 rings (SSSR count). The first-order chi connectivity index (χ1) is 10.8. The lowest BCUT2D eigenvalue weighted by atomic mass is 9.77. The Morgan fingerprint density at radius 3 is 2.59 bits per heavy atom. The maximum atomic E-state index is 12.5. The molecule has 1 heterocycles. The summed E-state index contributed by atoms with van der Waals surface area (Å²) >= 11 is 0. The van der Waals surface area contributed by atoms with Gasteiger partial charge in [0.15, 0.2) is 0 Å². The Morgan fingerprint density at radius 1 is 1.05 bits per heavy atom. The van der Waals surface area contributed by atoms with Crippen molar-refractivity contribution in [2.24, 2.45) is 5.92 Å². The molecule has 0 radical (unpaired) electrons. The molecule has 1 amide bonds. The van der Waals surface area contributed by atoms with Crippen LogP contribution in [0.1, 0.15) is 28.7 Å². The number of rotatable bonds is 2. The molecule has 1 fully saturated rings. The Kier molecular flexibility index (Phi) is 3.00. The van der Waals surface area contributed by atoms with E-state index in [4.69, 9.17) is 4.74 Å². The molecule has 0 unspecified atom stereocenters. The first kappa shape index (κ1) is 13.1. The van der Waals surface area contributed by atoms with Crippen molar-refractivity contribution in [1.82, 2.24) is 5.32 Å². The summed E-state index contributed by atoms with van der Waals surface area (Å²) in [5, 5.41) is 3.16. The lowest BCUT2D eigenvalue weighted by molar-refractivity contribution is -0.120. The molecule has 1 aliphatic heterocycles. The number of hydrogen-bond donors (Lipinski definition) is 1. The van der Waals surface area contributed by atoms with E-state index >= 15 is 0 Å². The highest BCUT2D eigenvalue weighted by molar-refractivity contribution is 5.90. The fourth-order valence-corrected chi connectivity index (χ4v) is 3.55. The fourth-order valence-electron chi connectivity index (χ4n) is 3.55. The van der Waals surface area contributed by atoms with Gasteiger partial charge in [0.2, 0.25) is 5.91 Å². The molecule has 1 aliphatic carbocycles. The topological polar surface area (TPSA) is 38.3 Å². The lowest BCUT2D eigenvalue weighted by Crippen LogP contribution is -2.21. The van der Waals surface area contributed by atoms with Crippen molar-refractivity contribution in [3.63, 3.8) is 0 Å². The Bertz CT molecular complexity index is 748. The molecule has 110 valence electrons. The molecule has 0 saturated carbocycles. The van der Waals surface area contributed by atoms with E-state index in [0.29, 0.717) is 0 Å². The van der Waals surface area contributed by atoms with Gasteiger partial charge in [-0.15, -0.1) is 0 Å². The zero-order valence-corrected chi connectivity index (χ0v) is 12.3. The van der Waals surface area contributed by atoms with Gasteiger partial charge in [0.25, 0.3) is 0 Å². The summed E-state index contributed by atoms with van der Waals surface area (Å²) in [5.41, 5.74) is 3.39. The van der Waals surface area contributed by atoms with Gasteiger partial charge in [-0.05, 0) is 28.8 Å². The molecule has 0 bridgehead atoms. The number of hydrogen-bond acceptors (Lipinski definition) is 2. The van der Waals surface area contributed by atoms with E-state index < -0.39 is 0 Å². The fraction of sp³-hybridized carbons (Fsp3) is 0.211. The maximum absolute atomic E-state index is 12.5. The highest BCUT2D eigenvalue weighted by Crippen LogP contribution is 2.45. The predicted octanol–water partition coefficient (Wildman–Crippen LogP) is 3.29. The van der Waals surface area contributed by atoms with Gasteiger partial charge >= 0.3 is 0 Å². The molecule has 3 nitrogen and oxygen atoms in total. The molecule has 1 N–H and O–H groups in total. The van der Waals surface area contributed by atoms with Crippen LogP contribution in [0, 0.1) is 5.92 Å². The van der Waals surface area contributed by atoms with Gasteiger partial charge < -0.3 is 10.1 Å². The van der Waals surface area contributed by atoms with E-state index in [1.807, 2.05) is 36.4 Å². The number of carbonyl (C=O) groups is 1. The van der Waals surface area contributed by atoms with Crippen LogP contribution >= 0.6 is 0 Å². The third-order valence-corrected chi connectivity index (χ3v) is 4.65. The van der Waals surface area contributed by atoms with E-state index in [2.05, 4.69) is 29.6 Å². The molecule has 3 heteroatoms. The average molecular weight is 291 g/mol. The standard InChI is InChI=1S/C19H17NO2/c1-22-14-9-6-13(7-10-14)18-16-11-8-12-4-2-3-5-15(12)17(16)19(21)20-18/h2-11,16-18H,1H3,(H,20,21)/t16-,17+,18+/m1/s1. The maximum Gasteiger partial charge on any atom is 0.228 e. The zero-order chi connectivity index (χ0) is 15.1. The van der Waals surface area contributed by atoms with Crippen LogP contribution in [0.5, 0.6) is 5.75 Å². The number of carbonyl (C=O) groups excluding carboxylic acids is 1. The number of benzene rings is 2. The summed E-state index contributed by atoms with van der Waals surface area (Å²) in [4.78, 5) is 12.5. The Balaban J connectivity index is 1.72. The minimum atomic E-state index is -0.0895. The normalized spacial score (nSPS) is 25.3. The average Bonchev–Trinajstić information content (AvgIpc) is 2.92. The molecule has 0 spiro atoms. The van der Waals surface area contributed by atoms with Crippen molar-refractivity contribution < 1.29 is 9.53 Å². The second-order valence-electron chi connectivity index (χ2n) is 5.80. The minimum Gasteiger partial charge on any atom is -0.497 e. The van der Waals surface area contributed by atoms with Crippen molar-refractivity contribution >= 4 is 12.0 Å². The van der Waals surface area contributed by atoms with Gasteiger partial charge in [-0.2, -0.15) is 0 Å². The summed E-state index contributed by atoms with van der Waals surface area (Å²) in [6.45, 7) is 0. The van der Waals surface area contributed by atoms with Gasteiger partial charge in [0, 0.05) is 5.92 Å². The minimum absolute atomic E-state index is 0.0213. The van der Waals surface area contributed by atoms with Crippen LogP contribution in [0.4, 0.5) is 0 Å². The summed E-state index contributed by atoms with van der Waals surface area (Å²) < 4.78 is 5.20. The van der Waals surface area contributed by atoms with Crippen LogP contribution in [0.25, 0.3) is 6.08 Å². The largest absolute Gasteiger partial charge is 0.497 e. The van der Waals surface area contributed by atoms with Crippen molar-refractivity contribution in [2.45, 2.75) is 12.0 Å². The highest BCUT2D eigenvalue weighted by atomic mass is 16.5. The summed E-state index contributed by atoms with van der Waals surface area (Å²) in [6, 6.07) is 16.1. The van der Waals surface area contributed by atoms with Crippen LogP contribution in [0.2, 0.25) is 0 Å². The third kappa shape index (κ3) is 1.93. The predicted molar refractivity (Wildman–Crippen MR) is 85.6 cm³/mol. The molecule has 22 heavy (non-hydrogen) atoms. The first-order valence-electron chi connectivity index (χ1n) is 7.49. The Morgan fingerprint density at radius 2 is 1.82 bits per heavy atom. The second kappa shape index (κ2) is 5.02. The van der Waals surface area contributed by atoms with Gasteiger partial charge in [0.05, 0.1) is 19.1 Å². The van der Waals surface area contributed by atoms with Crippen molar-refractivity contribution in [3.05, 3.63) is 71.3 Å². The molecule has 3 atom stereocenters. The number of ether oxygens (including phenoxy) is 1. The van der Waals surface area contributed by atoms with Crippen LogP contribution in [0.3, 0.4) is 0 Å². The molecule has 1 saturated heterocycles. The monoisotopic (exact) mass is 291 g/mol. The van der Waals surface area contributed by atoms with E-state index in [0.717, 1.165) is 22.4 Å². The van der Waals surface area contributed by atoms with E-state index in [1.165, 1.54) is 0 Å². The van der Waals surface area contributed by atoms with Crippen LogP contribution in [-0.2, 0) is 4.79 Å². The van der Waals surface area contributed by atoms with Gasteiger partial charge in [-0.3, -0.25) is 4.79 Å². The summed E-state index contributed by atoms with van der Waals surface area (Å²) in [5.74, 6) is 1.01. The van der Waals surface area contributed by atoms with E-state index in [1.54, 1.807) is 7.11 Å². The quantitative estimate of drug-likeness (QED) is 0.922. The van der Waals surface area contributed by atoms with Gasteiger partial charge in [-0.1, -0.05) is 48.6 Å². The highest BCUT2D eigenvalue weighted by Gasteiger charge is 2.44. The van der Waals surface area contributed by atoms with Crippen molar-refractivity contribution in [1.29, 1.82) is 0 Å². The number of nitrogens with one attached hydrogen (secondary N) is 1. The third-order valence-electron chi connectivity index (χ3n) is 4.65. The van der Waals surface area contributed by atoms with Crippen molar-refractivity contribution in [2.75, 3.05) is 7.11 Å². The zero-order valence-electron chi connectivity index (χ0n) is 12.3. The first-order valence-corrected chi connectivity index (χ1v) is 7.49. The van der Waals surface area contributed by atoms with Crippen LogP contribution in [-0.4, -0.2) is 13.0 Å². The Labute approximate surface area is 129 Å². The van der Waals surface area contributed by atoms with Crippen LogP contribution in [0.15, 0.2) is 54.6 Å². The summed E-state index contributed by atoms with van der Waals surface area (Å²) in [6.07, 6.45) is 4.30. The molecule has 0 aromatic heterocycles. The van der Waals surface area contributed by atoms with E-state index in [-0.39, 0.29) is 23.8 Å². The number of methoxy groups -OCH3 is 1. The molecular formula is C19H17NO2. The molecular weight excluding hydrogens is 274 g/mol. The number of amides is 1. The second-order valence-corrected chi connectivity index (χ2v) is 5.80. The molecule has 2 aliphatic rings. The molecule has 2 aromatic rings. The van der Waals surface area contributed by atoms with Gasteiger partial charge in [0.1, 0.15) is 5.75 Å². The van der Waals surface area contributed by atoms with Crippen molar-refractivity contribution in [3.8, 4) is 5.75 Å².